The molecule has 1 aliphatic rings. The van der Waals surface area contributed by atoms with Crippen LogP contribution in [-0.2, 0) is 6.54 Å². The molecule has 1 aliphatic heterocycles. The molecule has 1 aromatic carbocycles. The molecule has 0 aromatic heterocycles. The molecule has 3 heteroatoms. The molecular formula is C17H27ClN2. The Morgan fingerprint density at radius 3 is 2.50 bits per heavy atom. The Bertz CT molecular complexity index is 435. The van der Waals surface area contributed by atoms with E-state index >= 15 is 0 Å². The molecule has 0 aliphatic carbocycles. The first-order valence-electron chi connectivity index (χ1n) is 7.72. The van der Waals surface area contributed by atoms with Crippen molar-refractivity contribution in [1.29, 1.82) is 0 Å². The van der Waals surface area contributed by atoms with Crippen LogP contribution >= 0.6 is 11.6 Å². The van der Waals surface area contributed by atoms with E-state index in [0.29, 0.717) is 5.92 Å². The van der Waals surface area contributed by atoms with E-state index in [1.165, 1.54) is 11.3 Å². The molecule has 0 bridgehead atoms. The van der Waals surface area contributed by atoms with Crippen molar-refractivity contribution < 1.29 is 0 Å². The fourth-order valence-electron chi connectivity index (χ4n) is 2.86. The lowest BCUT2D eigenvalue weighted by atomic mass is 10.0. The summed E-state index contributed by atoms with van der Waals surface area (Å²) in [7, 11) is 0. The molecular weight excluding hydrogens is 268 g/mol. The standard InChI is InChI=1S/C17H27ClN2/c1-12(2)8-19-9-15-6-5-7-16(18)17(15)20-10-13(3)14(4)11-20/h5-7,12-14,19H,8-11H2,1-4H3. The number of hydrogen-bond donors (Lipinski definition) is 1. The fourth-order valence-corrected chi connectivity index (χ4v) is 3.18. The highest BCUT2D eigenvalue weighted by atomic mass is 35.5. The Balaban J connectivity index is 2.14. The van der Waals surface area contributed by atoms with Gasteiger partial charge in [0.2, 0.25) is 0 Å². The van der Waals surface area contributed by atoms with E-state index in [9.17, 15) is 0 Å². The van der Waals surface area contributed by atoms with Crippen molar-refractivity contribution in [3.05, 3.63) is 28.8 Å². The zero-order valence-corrected chi connectivity index (χ0v) is 13.9. The number of hydrogen-bond acceptors (Lipinski definition) is 2. The first-order chi connectivity index (χ1) is 9.49. The summed E-state index contributed by atoms with van der Waals surface area (Å²) in [5.41, 5.74) is 2.56. The summed E-state index contributed by atoms with van der Waals surface area (Å²) in [4.78, 5) is 2.46. The van der Waals surface area contributed by atoms with Crippen LogP contribution in [0.2, 0.25) is 5.02 Å². The quantitative estimate of drug-likeness (QED) is 0.876. The number of anilines is 1. The van der Waals surface area contributed by atoms with Gasteiger partial charge in [-0.15, -0.1) is 0 Å². The molecule has 112 valence electrons. The molecule has 0 saturated carbocycles. The summed E-state index contributed by atoms with van der Waals surface area (Å²) in [6.45, 7) is 13.3. The van der Waals surface area contributed by atoms with Gasteiger partial charge >= 0.3 is 0 Å². The van der Waals surface area contributed by atoms with Gasteiger partial charge in [-0.1, -0.05) is 51.4 Å². The van der Waals surface area contributed by atoms with E-state index in [2.05, 4.69) is 50.0 Å². The van der Waals surface area contributed by atoms with Gasteiger partial charge in [0.05, 0.1) is 10.7 Å². The highest BCUT2D eigenvalue weighted by molar-refractivity contribution is 6.33. The van der Waals surface area contributed by atoms with Crippen LogP contribution in [0.1, 0.15) is 33.3 Å². The second kappa shape index (κ2) is 6.82. The van der Waals surface area contributed by atoms with Crippen LogP contribution in [0.15, 0.2) is 18.2 Å². The maximum Gasteiger partial charge on any atom is 0.0642 e. The van der Waals surface area contributed by atoms with Gasteiger partial charge < -0.3 is 10.2 Å². The average Bonchev–Trinajstić information content (AvgIpc) is 2.69. The third-order valence-corrected chi connectivity index (χ3v) is 4.55. The predicted octanol–water partition coefficient (Wildman–Crippen LogP) is 4.18. The van der Waals surface area contributed by atoms with Crippen molar-refractivity contribution in [2.45, 2.75) is 34.2 Å². The Morgan fingerprint density at radius 1 is 1.25 bits per heavy atom. The first-order valence-corrected chi connectivity index (χ1v) is 8.10. The summed E-state index contributed by atoms with van der Waals surface area (Å²) in [6.07, 6.45) is 0. The molecule has 1 saturated heterocycles. The van der Waals surface area contributed by atoms with Crippen LogP contribution in [0.5, 0.6) is 0 Å². The van der Waals surface area contributed by atoms with Gasteiger partial charge in [-0.05, 0) is 35.9 Å². The average molecular weight is 295 g/mol. The molecule has 2 atom stereocenters. The van der Waals surface area contributed by atoms with Crippen LogP contribution in [0.4, 0.5) is 5.69 Å². The highest BCUT2D eigenvalue weighted by Gasteiger charge is 2.28. The van der Waals surface area contributed by atoms with Crippen molar-refractivity contribution in [3.63, 3.8) is 0 Å². The Morgan fingerprint density at radius 2 is 1.90 bits per heavy atom. The number of halogens is 1. The van der Waals surface area contributed by atoms with Crippen LogP contribution < -0.4 is 10.2 Å². The van der Waals surface area contributed by atoms with E-state index in [4.69, 9.17) is 11.6 Å². The summed E-state index contributed by atoms with van der Waals surface area (Å²) in [6, 6.07) is 6.26. The summed E-state index contributed by atoms with van der Waals surface area (Å²) in [5, 5.41) is 4.41. The maximum absolute atomic E-state index is 6.48. The van der Waals surface area contributed by atoms with E-state index in [1.54, 1.807) is 0 Å². The van der Waals surface area contributed by atoms with E-state index < -0.39 is 0 Å². The van der Waals surface area contributed by atoms with Crippen molar-refractivity contribution in [2.24, 2.45) is 17.8 Å². The lowest BCUT2D eigenvalue weighted by Gasteiger charge is -2.24. The van der Waals surface area contributed by atoms with Gasteiger partial charge in [0.15, 0.2) is 0 Å². The van der Waals surface area contributed by atoms with E-state index in [1.807, 2.05) is 6.07 Å². The molecule has 0 spiro atoms. The van der Waals surface area contributed by atoms with Gasteiger partial charge in [0.25, 0.3) is 0 Å². The molecule has 2 unspecified atom stereocenters. The SMILES string of the molecule is CC(C)CNCc1cccc(Cl)c1N1CC(C)C(C)C1. The van der Waals surface area contributed by atoms with Gasteiger partial charge in [-0.25, -0.2) is 0 Å². The smallest absolute Gasteiger partial charge is 0.0642 e. The molecule has 20 heavy (non-hydrogen) atoms. The number of nitrogens with zero attached hydrogens (tertiary/aromatic N) is 1. The van der Waals surface area contributed by atoms with Crippen molar-refractivity contribution in [3.8, 4) is 0 Å². The van der Waals surface area contributed by atoms with Crippen molar-refractivity contribution in [2.75, 3.05) is 24.5 Å². The molecule has 0 radical (unpaired) electrons. The van der Waals surface area contributed by atoms with Gasteiger partial charge in [-0.3, -0.25) is 0 Å². The topological polar surface area (TPSA) is 15.3 Å². The van der Waals surface area contributed by atoms with Crippen LogP contribution in [-0.4, -0.2) is 19.6 Å². The first kappa shape index (κ1) is 15.7. The number of para-hydroxylation sites is 1. The zero-order valence-electron chi connectivity index (χ0n) is 13.1. The van der Waals surface area contributed by atoms with Crippen molar-refractivity contribution in [1.82, 2.24) is 5.32 Å². The van der Waals surface area contributed by atoms with Crippen LogP contribution in [0, 0.1) is 17.8 Å². The number of benzene rings is 1. The monoisotopic (exact) mass is 294 g/mol. The normalized spacial score (nSPS) is 22.8. The molecule has 1 N–H and O–H groups in total. The Labute approximate surface area is 128 Å². The number of rotatable bonds is 5. The third kappa shape index (κ3) is 3.67. The minimum absolute atomic E-state index is 0.671. The van der Waals surface area contributed by atoms with Crippen LogP contribution in [0.25, 0.3) is 0 Å². The van der Waals surface area contributed by atoms with E-state index in [0.717, 1.165) is 43.0 Å². The van der Waals surface area contributed by atoms with Gasteiger partial charge in [-0.2, -0.15) is 0 Å². The second-order valence-corrected chi connectivity index (χ2v) is 7.04. The van der Waals surface area contributed by atoms with E-state index in [-0.39, 0.29) is 0 Å². The predicted molar refractivity (Wildman–Crippen MR) is 88.5 cm³/mol. The summed E-state index contributed by atoms with van der Waals surface area (Å²) < 4.78 is 0. The molecule has 2 rings (SSSR count). The third-order valence-electron chi connectivity index (χ3n) is 4.24. The Hall–Kier alpha value is -0.730. The largest absolute Gasteiger partial charge is 0.370 e. The minimum atomic E-state index is 0.671. The Kier molecular flexibility index (Phi) is 5.34. The fraction of sp³-hybridized carbons (Fsp3) is 0.647. The second-order valence-electron chi connectivity index (χ2n) is 6.63. The lowest BCUT2D eigenvalue weighted by Crippen LogP contribution is -2.24. The molecule has 1 fully saturated rings. The molecule has 0 amide bonds. The maximum atomic E-state index is 6.48. The zero-order chi connectivity index (χ0) is 14.7. The highest BCUT2D eigenvalue weighted by Crippen LogP contribution is 2.35. The van der Waals surface area contributed by atoms with Crippen LogP contribution in [0.3, 0.4) is 0 Å². The molecule has 2 nitrogen and oxygen atoms in total. The van der Waals surface area contributed by atoms with Gasteiger partial charge in [0.1, 0.15) is 0 Å². The lowest BCUT2D eigenvalue weighted by molar-refractivity contribution is 0.494. The minimum Gasteiger partial charge on any atom is -0.370 e. The number of nitrogens with one attached hydrogen (secondary N) is 1. The summed E-state index contributed by atoms with van der Waals surface area (Å²) in [5.74, 6) is 2.15. The summed E-state index contributed by atoms with van der Waals surface area (Å²) >= 11 is 6.48. The van der Waals surface area contributed by atoms with Gasteiger partial charge in [0, 0.05) is 19.6 Å². The molecule has 1 aromatic rings. The van der Waals surface area contributed by atoms with Crippen molar-refractivity contribution >= 4 is 17.3 Å². The molecule has 1 heterocycles.